The Kier molecular flexibility index (Phi) is 5.12. The molecule has 4 amide bonds. The Morgan fingerprint density at radius 3 is 2.59 bits per heavy atom. The number of rotatable bonds is 6. The van der Waals surface area contributed by atoms with Crippen LogP contribution in [0.2, 0.25) is 0 Å². The number of hydrogen-bond acceptors (Lipinski definition) is 4. The number of carbonyl (C=O) groups is 3. The lowest BCUT2D eigenvalue weighted by Crippen LogP contribution is -2.48. The summed E-state index contributed by atoms with van der Waals surface area (Å²) in [5.41, 5.74) is 2.66. The minimum atomic E-state index is -1.07. The van der Waals surface area contributed by atoms with Crippen LogP contribution in [-0.4, -0.2) is 35.5 Å². The predicted octanol–water partition coefficient (Wildman–Crippen LogP) is 2.28. The highest BCUT2D eigenvalue weighted by atomic mass is 16.5. The molecule has 1 saturated heterocycles. The van der Waals surface area contributed by atoms with E-state index in [-0.39, 0.29) is 5.56 Å². The second-order valence-corrected chi connectivity index (χ2v) is 6.56. The first kappa shape index (κ1) is 18.4. The summed E-state index contributed by atoms with van der Waals surface area (Å²) in [6.45, 7) is 1.66. The van der Waals surface area contributed by atoms with Gasteiger partial charge in [0, 0.05) is 5.56 Å². The molecule has 7 heteroatoms. The molecule has 27 heavy (non-hydrogen) atoms. The number of ether oxygens (including phenoxy) is 1. The highest BCUT2D eigenvalue weighted by Crippen LogP contribution is 2.22. The Morgan fingerprint density at radius 1 is 1.15 bits per heavy atom. The number of hydrogen-bond donors (Lipinski definition) is 2. The lowest BCUT2D eigenvalue weighted by Gasteiger charge is -2.21. The molecule has 7 nitrogen and oxygen atoms in total. The van der Waals surface area contributed by atoms with Gasteiger partial charge in [-0.2, -0.15) is 5.01 Å². The zero-order chi connectivity index (χ0) is 19.4. The van der Waals surface area contributed by atoms with Crippen molar-refractivity contribution in [2.75, 3.05) is 7.11 Å². The van der Waals surface area contributed by atoms with Crippen LogP contribution in [0.15, 0.2) is 54.6 Å². The first-order valence-electron chi connectivity index (χ1n) is 8.58. The molecule has 0 radical (unpaired) electrons. The Hall–Kier alpha value is -3.35. The van der Waals surface area contributed by atoms with Crippen molar-refractivity contribution in [3.8, 4) is 5.75 Å². The molecule has 0 bridgehead atoms. The molecule has 0 aromatic heterocycles. The van der Waals surface area contributed by atoms with Gasteiger partial charge in [0.1, 0.15) is 11.3 Å². The lowest BCUT2D eigenvalue weighted by atomic mass is 9.93. The Morgan fingerprint density at radius 2 is 1.89 bits per heavy atom. The second kappa shape index (κ2) is 7.49. The summed E-state index contributed by atoms with van der Waals surface area (Å²) >= 11 is 0. The van der Waals surface area contributed by atoms with Crippen molar-refractivity contribution < 1.29 is 19.1 Å². The number of hydrazine groups is 1. The minimum Gasteiger partial charge on any atom is -0.497 e. The maximum atomic E-state index is 12.8. The number of nitrogens with zero attached hydrogens (tertiary/aromatic N) is 1. The molecule has 1 fully saturated rings. The van der Waals surface area contributed by atoms with Gasteiger partial charge in [-0.25, -0.2) is 4.79 Å². The van der Waals surface area contributed by atoms with E-state index in [9.17, 15) is 14.4 Å². The maximum Gasteiger partial charge on any atom is 0.344 e. The molecule has 2 N–H and O–H groups in total. The number of imide groups is 1. The fraction of sp³-hybridized carbons (Fsp3) is 0.250. The summed E-state index contributed by atoms with van der Waals surface area (Å²) in [6.07, 6.45) is 1.05. The van der Waals surface area contributed by atoms with Crippen molar-refractivity contribution in [2.45, 2.75) is 25.3 Å². The van der Waals surface area contributed by atoms with Crippen molar-refractivity contribution in [3.63, 3.8) is 0 Å². The summed E-state index contributed by atoms with van der Waals surface area (Å²) in [5, 5.41) is 3.42. The SMILES string of the molecule is COc1cccc(C(=O)NN2C(=O)N[C@@](C)(CCc3ccccc3)C2=O)c1. The number of amides is 4. The van der Waals surface area contributed by atoms with Crippen molar-refractivity contribution >= 4 is 17.8 Å². The Labute approximate surface area is 157 Å². The van der Waals surface area contributed by atoms with E-state index in [2.05, 4.69) is 10.7 Å². The zero-order valence-electron chi connectivity index (χ0n) is 15.2. The quantitative estimate of drug-likeness (QED) is 0.767. The third kappa shape index (κ3) is 3.92. The predicted molar refractivity (Wildman–Crippen MR) is 99.0 cm³/mol. The fourth-order valence-corrected chi connectivity index (χ4v) is 2.92. The van der Waals surface area contributed by atoms with Gasteiger partial charge < -0.3 is 10.1 Å². The molecular weight excluding hydrogens is 346 g/mol. The molecule has 2 aromatic rings. The van der Waals surface area contributed by atoms with Crippen molar-refractivity contribution in [1.29, 1.82) is 0 Å². The van der Waals surface area contributed by atoms with Crippen LogP contribution in [0.5, 0.6) is 5.75 Å². The van der Waals surface area contributed by atoms with Gasteiger partial charge in [0.15, 0.2) is 0 Å². The van der Waals surface area contributed by atoms with E-state index < -0.39 is 23.4 Å². The molecule has 0 unspecified atom stereocenters. The molecule has 0 saturated carbocycles. The van der Waals surface area contributed by atoms with Crippen LogP contribution in [-0.2, 0) is 11.2 Å². The van der Waals surface area contributed by atoms with Crippen molar-refractivity contribution in [3.05, 3.63) is 65.7 Å². The lowest BCUT2D eigenvalue weighted by molar-refractivity contribution is -0.132. The molecular formula is C20H21N3O4. The van der Waals surface area contributed by atoms with E-state index in [1.165, 1.54) is 13.2 Å². The van der Waals surface area contributed by atoms with Crippen LogP contribution in [0.4, 0.5) is 4.79 Å². The van der Waals surface area contributed by atoms with Crippen LogP contribution in [0.25, 0.3) is 0 Å². The molecule has 1 aliphatic heterocycles. The zero-order valence-corrected chi connectivity index (χ0v) is 15.2. The van der Waals surface area contributed by atoms with Gasteiger partial charge >= 0.3 is 6.03 Å². The Bertz CT molecular complexity index is 869. The van der Waals surface area contributed by atoms with Crippen LogP contribution in [0.3, 0.4) is 0 Å². The van der Waals surface area contributed by atoms with Crippen LogP contribution < -0.4 is 15.5 Å². The van der Waals surface area contributed by atoms with Crippen LogP contribution in [0, 0.1) is 0 Å². The van der Waals surface area contributed by atoms with E-state index in [1.807, 2.05) is 30.3 Å². The number of nitrogens with one attached hydrogen (secondary N) is 2. The summed E-state index contributed by atoms with van der Waals surface area (Å²) in [6, 6.07) is 15.5. The van der Waals surface area contributed by atoms with Crippen LogP contribution >= 0.6 is 0 Å². The summed E-state index contributed by atoms with van der Waals surface area (Å²) in [7, 11) is 1.49. The van der Waals surface area contributed by atoms with Gasteiger partial charge in [0.25, 0.3) is 11.8 Å². The summed E-state index contributed by atoms with van der Waals surface area (Å²) < 4.78 is 5.08. The normalized spacial score (nSPS) is 19.0. The van der Waals surface area contributed by atoms with E-state index in [0.29, 0.717) is 18.6 Å². The number of aryl methyl sites for hydroxylation is 1. The number of methoxy groups -OCH3 is 1. The molecule has 140 valence electrons. The smallest absolute Gasteiger partial charge is 0.344 e. The van der Waals surface area contributed by atoms with Gasteiger partial charge in [0.05, 0.1) is 7.11 Å². The van der Waals surface area contributed by atoms with Crippen LogP contribution in [0.1, 0.15) is 29.3 Å². The monoisotopic (exact) mass is 367 g/mol. The largest absolute Gasteiger partial charge is 0.497 e. The number of benzene rings is 2. The van der Waals surface area contributed by atoms with Gasteiger partial charge in [-0.15, -0.1) is 0 Å². The average molecular weight is 367 g/mol. The summed E-state index contributed by atoms with van der Waals surface area (Å²) in [5.74, 6) is -0.545. The van der Waals surface area contributed by atoms with Crippen molar-refractivity contribution in [2.24, 2.45) is 0 Å². The molecule has 0 spiro atoms. The molecule has 1 atom stereocenters. The van der Waals surface area contributed by atoms with E-state index in [1.54, 1.807) is 25.1 Å². The Balaban J connectivity index is 1.68. The second-order valence-electron chi connectivity index (χ2n) is 6.56. The van der Waals surface area contributed by atoms with Gasteiger partial charge in [-0.05, 0) is 43.5 Å². The van der Waals surface area contributed by atoms with Crippen molar-refractivity contribution in [1.82, 2.24) is 15.8 Å². The highest BCUT2D eigenvalue weighted by Gasteiger charge is 2.48. The van der Waals surface area contributed by atoms with E-state index >= 15 is 0 Å². The van der Waals surface area contributed by atoms with E-state index in [0.717, 1.165) is 10.6 Å². The number of urea groups is 1. The van der Waals surface area contributed by atoms with Gasteiger partial charge in [0.2, 0.25) is 0 Å². The topological polar surface area (TPSA) is 87.7 Å². The molecule has 1 aliphatic rings. The molecule has 0 aliphatic carbocycles. The third-order valence-electron chi connectivity index (χ3n) is 4.56. The fourth-order valence-electron chi connectivity index (χ4n) is 2.92. The maximum absolute atomic E-state index is 12.8. The van der Waals surface area contributed by atoms with E-state index in [4.69, 9.17) is 4.74 Å². The highest BCUT2D eigenvalue weighted by molar-refractivity contribution is 6.09. The minimum absolute atomic E-state index is 0.285. The standard InChI is InChI=1S/C20H21N3O4/c1-20(12-11-14-7-4-3-5-8-14)18(25)23(19(26)21-20)22-17(24)15-9-6-10-16(13-15)27-2/h3-10,13H,11-12H2,1-2H3,(H,21,26)(H,22,24)/t20-/m0/s1. The molecule has 1 heterocycles. The first-order chi connectivity index (χ1) is 12.9. The average Bonchev–Trinajstić information content (AvgIpc) is 2.90. The first-order valence-corrected chi connectivity index (χ1v) is 8.58. The van der Waals surface area contributed by atoms with Gasteiger partial charge in [-0.1, -0.05) is 36.4 Å². The summed E-state index contributed by atoms with van der Waals surface area (Å²) in [4.78, 5) is 37.4. The number of carbonyl (C=O) groups excluding carboxylic acids is 3. The molecule has 3 rings (SSSR count). The third-order valence-corrected chi connectivity index (χ3v) is 4.56. The van der Waals surface area contributed by atoms with Gasteiger partial charge in [-0.3, -0.25) is 15.0 Å². The molecule has 2 aromatic carbocycles.